The third kappa shape index (κ3) is 2.94. The highest BCUT2D eigenvalue weighted by atomic mass is 16.2. The van der Waals surface area contributed by atoms with Crippen LogP contribution in [0.25, 0.3) is 0 Å². The number of hydrogen-bond donors (Lipinski definition) is 4. The third-order valence-corrected chi connectivity index (χ3v) is 2.55. The van der Waals surface area contributed by atoms with E-state index in [-0.39, 0.29) is 11.8 Å². The van der Waals surface area contributed by atoms with Crippen molar-refractivity contribution < 1.29 is 9.59 Å². The lowest BCUT2D eigenvalue weighted by Gasteiger charge is -2.25. The van der Waals surface area contributed by atoms with Crippen molar-refractivity contribution in [1.29, 1.82) is 0 Å². The summed E-state index contributed by atoms with van der Waals surface area (Å²) in [5.74, 6) is 0.0164. The number of rotatable bonds is 3. The van der Waals surface area contributed by atoms with Crippen LogP contribution in [0.1, 0.15) is 0 Å². The van der Waals surface area contributed by atoms with Crippen LogP contribution >= 0.6 is 0 Å². The molecule has 1 fully saturated rings. The molecule has 0 bridgehead atoms. The maximum atomic E-state index is 11.7. The van der Waals surface area contributed by atoms with Crippen LogP contribution in [0.4, 0.5) is 16.2 Å². The molecule has 1 aliphatic rings. The van der Waals surface area contributed by atoms with Crippen molar-refractivity contribution in [2.45, 2.75) is 0 Å². The zero-order valence-corrected chi connectivity index (χ0v) is 9.19. The molecule has 0 radical (unpaired) electrons. The van der Waals surface area contributed by atoms with E-state index >= 15 is 0 Å². The molecular weight excluding hydrogens is 220 g/mol. The summed E-state index contributed by atoms with van der Waals surface area (Å²) in [7, 11) is 0. The molecule has 17 heavy (non-hydrogen) atoms. The number of carbonyl (C=O) groups excluding carboxylic acids is 2. The molecule has 0 aromatic heterocycles. The normalized spacial score (nSPS) is 14.8. The SMILES string of the molecule is NC(=O)Nc1cccc(NC(=O)C2CNC2)c1. The van der Waals surface area contributed by atoms with Crippen LogP contribution in [-0.4, -0.2) is 25.0 Å². The second kappa shape index (κ2) is 4.84. The molecule has 0 saturated carbocycles. The van der Waals surface area contributed by atoms with E-state index in [4.69, 9.17) is 5.73 Å². The van der Waals surface area contributed by atoms with Crippen LogP contribution < -0.4 is 21.7 Å². The van der Waals surface area contributed by atoms with Crippen molar-refractivity contribution in [1.82, 2.24) is 5.32 Å². The molecule has 0 aliphatic carbocycles. The van der Waals surface area contributed by atoms with Crippen molar-refractivity contribution in [2.75, 3.05) is 23.7 Å². The summed E-state index contributed by atoms with van der Waals surface area (Å²) in [5.41, 5.74) is 6.21. The fraction of sp³-hybridized carbons (Fsp3) is 0.273. The number of carbonyl (C=O) groups is 2. The average molecular weight is 234 g/mol. The first kappa shape index (κ1) is 11.4. The minimum Gasteiger partial charge on any atom is -0.351 e. The van der Waals surface area contributed by atoms with Gasteiger partial charge in [0.25, 0.3) is 0 Å². The van der Waals surface area contributed by atoms with E-state index in [0.29, 0.717) is 24.5 Å². The smallest absolute Gasteiger partial charge is 0.316 e. The predicted octanol–water partition coefficient (Wildman–Crippen LogP) is 0.335. The van der Waals surface area contributed by atoms with Crippen LogP contribution in [0.5, 0.6) is 0 Å². The molecule has 2 rings (SSSR count). The zero-order chi connectivity index (χ0) is 12.3. The van der Waals surface area contributed by atoms with Gasteiger partial charge in [-0.05, 0) is 18.2 Å². The number of benzene rings is 1. The number of amides is 3. The van der Waals surface area contributed by atoms with Gasteiger partial charge in [-0.15, -0.1) is 0 Å². The van der Waals surface area contributed by atoms with Crippen molar-refractivity contribution in [3.63, 3.8) is 0 Å². The van der Waals surface area contributed by atoms with Crippen LogP contribution in [-0.2, 0) is 4.79 Å². The Kier molecular flexibility index (Phi) is 3.24. The summed E-state index contributed by atoms with van der Waals surface area (Å²) in [5, 5.41) is 8.27. The van der Waals surface area contributed by atoms with Crippen LogP contribution in [0.15, 0.2) is 24.3 Å². The number of urea groups is 1. The van der Waals surface area contributed by atoms with Crippen LogP contribution in [0.2, 0.25) is 0 Å². The minimum absolute atomic E-state index is 0.0139. The lowest BCUT2D eigenvalue weighted by Crippen LogP contribution is -2.48. The Balaban J connectivity index is 2.00. The maximum Gasteiger partial charge on any atom is 0.316 e. The quantitative estimate of drug-likeness (QED) is 0.607. The highest BCUT2D eigenvalue weighted by molar-refractivity contribution is 5.95. The third-order valence-electron chi connectivity index (χ3n) is 2.55. The van der Waals surface area contributed by atoms with E-state index < -0.39 is 6.03 Å². The molecule has 0 spiro atoms. The summed E-state index contributed by atoms with van der Waals surface area (Å²) in [6.45, 7) is 1.43. The predicted molar refractivity (Wildman–Crippen MR) is 64.6 cm³/mol. The summed E-state index contributed by atoms with van der Waals surface area (Å²) < 4.78 is 0. The highest BCUT2D eigenvalue weighted by Gasteiger charge is 2.24. The largest absolute Gasteiger partial charge is 0.351 e. The summed E-state index contributed by atoms with van der Waals surface area (Å²) in [6, 6.07) is 6.23. The Morgan fingerprint density at radius 3 is 2.41 bits per heavy atom. The monoisotopic (exact) mass is 234 g/mol. The van der Waals surface area contributed by atoms with Crippen LogP contribution in [0, 0.1) is 5.92 Å². The van der Waals surface area contributed by atoms with E-state index in [0.717, 1.165) is 0 Å². The Bertz CT molecular complexity index is 443. The Hall–Kier alpha value is -2.08. The fourth-order valence-corrected chi connectivity index (χ4v) is 1.54. The first-order valence-corrected chi connectivity index (χ1v) is 5.33. The van der Waals surface area contributed by atoms with Crippen molar-refractivity contribution in [3.05, 3.63) is 24.3 Å². The molecule has 0 unspecified atom stereocenters. The van der Waals surface area contributed by atoms with Crippen molar-refractivity contribution in [3.8, 4) is 0 Å². The van der Waals surface area contributed by atoms with Gasteiger partial charge < -0.3 is 21.7 Å². The molecule has 6 nitrogen and oxygen atoms in total. The van der Waals surface area contributed by atoms with Gasteiger partial charge in [0, 0.05) is 24.5 Å². The second-order valence-corrected chi connectivity index (χ2v) is 3.91. The lowest BCUT2D eigenvalue weighted by atomic mass is 10.0. The van der Waals surface area contributed by atoms with Gasteiger partial charge in [-0.2, -0.15) is 0 Å². The molecule has 1 aromatic rings. The van der Waals surface area contributed by atoms with Gasteiger partial charge in [0.05, 0.1) is 5.92 Å². The molecule has 1 aromatic carbocycles. The van der Waals surface area contributed by atoms with E-state index in [2.05, 4.69) is 16.0 Å². The molecule has 0 atom stereocenters. The van der Waals surface area contributed by atoms with Gasteiger partial charge in [-0.25, -0.2) is 4.79 Å². The highest BCUT2D eigenvalue weighted by Crippen LogP contribution is 2.16. The number of primary amides is 1. The Morgan fingerprint density at radius 2 is 1.88 bits per heavy atom. The molecule has 1 heterocycles. The van der Waals surface area contributed by atoms with Gasteiger partial charge in [0.1, 0.15) is 0 Å². The molecule has 1 aliphatic heterocycles. The number of nitrogens with two attached hydrogens (primary N) is 1. The molecule has 3 amide bonds. The number of nitrogens with one attached hydrogen (secondary N) is 3. The zero-order valence-electron chi connectivity index (χ0n) is 9.19. The number of anilines is 2. The fourth-order valence-electron chi connectivity index (χ4n) is 1.54. The molecule has 90 valence electrons. The van der Waals surface area contributed by atoms with Gasteiger partial charge in [-0.1, -0.05) is 6.07 Å². The first-order chi connectivity index (χ1) is 8.15. The van der Waals surface area contributed by atoms with E-state index in [1.807, 2.05) is 0 Å². The summed E-state index contributed by atoms with van der Waals surface area (Å²) >= 11 is 0. The standard InChI is InChI=1S/C11H14N4O2/c12-11(17)15-9-3-1-2-8(4-9)14-10(16)7-5-13-6-7/h1-4,7,13H,5-6H2,(H,14,16)(H3,12,15,17). The van der Waals surface area contributed by atoms with E-state index in [9.17, 15) is 9.59 Å². The topological polar surface area (TPSA) is 96.2 Å². The van der Waals surface area contributed by atoms with E-state index in [1.54, 1.807) is 24.3 Å². The van der Waals surface area contributed by atoms with Gasteiger partial charge in [-0.3, -0.25) is 4.79 Å². The van der Waals surface area contributed by atoms with Gasteiger partial charge >= 0.3 is 6.03 Å². The summed E-state index contributed by atoms with van der Waals surface area (Å²) in [4.78, 5) is 22.3. The number of hydrogen-bond acceptors (Lipinski definition) is 3. The first-order valence-electron chi connectivity index (χ1n) is 5.33. The van der Waals surface area contributed by atoms with Crippen molar-refractivity contribution >= 4 is 23.3 Å². The van der Waals surface area contributed by atoms with Gasteiger partial charge in [0.15, 0.2) is 0 Å². The maximum absolute atomic E-state index is 11.7. The molecule has 5 N–H and O–H groups in total. The molecule has 1 saturated heterocycles. The second-order valence-electron chi connectivity index (χ2n) is 3.91. The minimum atomic E-state index is -0.628. The summed E-state index contributed by atoms with van der Waals surface area (Å²) in [6.07, 6.45) is 0. The molecular formula is C11H14N4O2. The average Bonchev–Trinajstić information content (AvgIpc) is 2.13. The Morgan fingerprint density at radius 1 is 1.24 bits per heavy atom. The van der Waals surface area contributed by atoms with Crippen molar-refractivity contribution in [2.24, 2.45) is 11.7 Å². The lowest BCUT2D eigenvalue weighted by molar-refractivity contribution is -0.121. The molecule has 6 heteroatoms. The Labute approximate surface area is 98.6 Å². The van der Waals surface area contributed by atoms with E-state index in [1.165, 1.54) is 0 Å². The van der Waals surface area contributed by atoms with Gasteiger partial charge in [0.2, 0.25) is 5.91 Å². The van der Waals surface area contributed by atoms with Crippen LogP contribution in [0.3, 0.4) is 0 Å².